The molecule has 2 rings (SSSR count). The summed E-state index contributed by atoms with van der Waals surface area (Å²) in [7, 11) is 0. The van der Waals surface area contributed by atoms with Gasteiger partial charge in [-0.05, 0) is 34.7 Å². The minimum atomic E-state index is 0.495. The summed E-state index contributed by atoms with van der Waals surface area (Å²) in [6.45, 7) is 0. The molecule has 0 aliphatic carbocycles. The Morgan fingerprint density at radius 3 is 2.85 bits per heavy atom. The van der Waals surface area contributed by atoms with E-state index in [1.54, 1.807) is 6.20 Å². The molecule has 0 aliphatic heterocycles. The van der Waals surface area contributed by atoms with Crippen LogP contribution in [-0.2, 0) is 0 Å². The van der Waals surface area contributed by atoms with Crippen molar-refractivity contribution < 1.29 is 0 Å². The van der Waals surface area contributed by atoms with Crippen LogP contribution in [0.25, 0.3) is 10.6 Å². The van der Waals surface area contributed by atoms with Gasteiger partial charge < -0.3 is 5.73 Å². The fourth-order valence-electron chi connectivity index (χ4n) is 0.913. The first-order valence-electron chi connectivity index (χ1n) is 3.47. The molecule has 0 bridgehead atoms. The largest absolute Gasteiger partial charge is 0.383 e. The normalized spacial score (nSPS) is 10.2. The highest BCUT2D eigenvalue weighted by molar-refractivity contribution is 14.1. The number of nitrogen functional groups attached to an aromatic ring is 1. The molecule has 0 amide bonds. The SMILES string of the molecule is Nc1ncccc1-c1nnc(I)s1. The molecule has 66 valence electrons. The van der Waals surface area contributed by atoms with Crippen molar-refractivity contribution in [2.45, 2.75) is 0 Å². The molecule has 0 atom stereocenters. The zero-order chi connectivity index (χ0) is 9.26. The van der Waals surface area contributed by atoms with Crippen LogP contribution < -0.4 is 5.73 Å². The van der Waals surface area contributed by atoms with Gasteiger partial charge in [-0.2, -0.15) is 0 Å². The molecule has 6 heteroatoms. The van der Waals surface area contributed by atoms with E-state index in [-0.39, 0.29) is 0 Å². The van der Waals surface area contributed by atoms with Gasteiger partial charge >= 0.3 is 0 Å². The van der Waals surface area contributed by atoms with E-state index in [9.17, 15) is 0 Å². The van der Waals surface area contributed by atoms with Gasteiger partial charge in [0, 0.05) is 6.20 Å². The number of nitrogens with zero attached hydrogens (tertiary/aromatic N) is 3. The van der Waals surface area contributed by atoms with Crippen LogP contribution in [0.4, 0.5) is 5.82 Å². The lowest BCUT2D eigenvalue weighted by atomic mass is 10.3. The second-order valence-corrected chi connectivity index (χ2v) is 5.03. The number of hydrogen-bond donors (Lipinski definition) is 1. The second kappa shape index (κ2) is 3.54. The van der Waals surface area contributed by atoms with E-state index in [1.165, 1.54) is 11.3 Å². The molecule has 0 spiro atoms. The number of halogens is 1. The van der Waals surface area contributed by atoms with Gasteiger partial charge in [-0.3, -0.25) is 0 Å². The second-order valence-electron chi connectivity index (χ2n) is 2.30. The lowest BCUT2D eigenvalue weighted by Crippen LogP contribution is -1.92. The number of rotatable bonds is 1. The van der Waals surface area contributed by atoms with Crippen molar-refractivity contribution in [3.8, 4) is 10.6 Å². The maximum atomic E-state index is 5.69. The number of anilines is 1. The number of aromatic nitrogens is 3. The standard InChI is InChI=1S/C7H5IN4S/c8-7-12-11-6(13-7)4-2-1-3-10-5(4)9/h1-3H,(H2,9,10). The van der Waals surface area contributed by atoms with Crippen LogP contribution in [0.2, 0.25) is 0 Å². The highest BCUT2D eigenvalue weighted by Gasteiger charge is 2.07. The lowest BCUT2D eigenvalue weighted by molar-refractivity contribution is 1.07. The highest BCUT2D eigenvalue weighted by atomic mass is 127. The van der Waals surface area contributed by atoms with E-state index in [1.807, 2.05) is 12.1 Å². The Balaban J connectivity index is 2.52. The Kier molecular flexibility index (Phi) is 2.40. The van der Waals surface area contributed by atoms with Gasteiger partial charge in [0.15, 0.2) is 8.02 Å². The third kappa shape index (κ3) is 1.78. The minimum Gasteiger partial charge on any atom is -0.383 e. The molecule has 4 nitrogen and oxygen atoms in total. The van der Waals surface area contributed by atoms with E-state index in [0.717, 1.165) is 13.6 Å². The van der Waals surface area contributed by atoms with Crippen molar-refractivity contribution in [3.63, 3.8) is 0 Å². The molecule has 0 radical (unpaired) electrons. The molecular weight excluding hydrogens is 299 g/mol. The Morgan fingerprint density at radius 2 is 2.23 bits per heavy atom. The summed E-state index contributed by atoms with van der Waals surface area (Å²) in [6.07, 6.45) is 1.66. The summed E-state index contributed by atoms with van der Waals surface area (Å²) in [6, 6.07) is 3.72. The first-order chi connectivity index (χ1) is 6.27. The minimum absolute atomic E-state index is 0.495. The number of pyridine rings is 1. The predicted octanol–water partition coefficient (Wildman–Crippen LogP) is 1.79. The monoisotopic (exact) mass is 304 g/mol. The molecule has 0 saturated carbocycles. The molecule has 13 heavy (non-hydrogen) atoms. The lowest BCUT2D eigenvalue weighted by Gasteiger charge is -1.97. The van der Waals surface area contributed by atoms with Crippen LogP contribution in [-0.4, -0.2) is 15.2 Å². The van der Waals surface area contributed by atoms with Gasteiger partial charge in [-0.25, -0.2) is 4.98 Å². The van der Waals surface area contributed by atoms with Crippen LogP contribution >= 0.6 is 33.9 Å². The van der Waals surface area contributed by atoms with Gasteiger partial charge in [0.2, 0.25) is 0 Å². The highest BCUT2D eigenvalue weighted by Crippen LogP contribution is 2.27. The summed E-state index contributed by atoms with van der Waals surface area (Å²) >= 11 is 3.62. The molecule has 0 unspecified atom stereocenters. The van der Waals surface area contributed by atoms with Crippen LogP contribution in [0.1, 0.15) is 0 Å². The molecule has 2 aromatic heterocycles. The molecule has 2 aromatic rings. The zero-order valence-electron chi connectivity index (χ0n) is 6.44. The van der Waals surface area contributed by atoms with E-state index >= 15 is 0 Å². The van der Waals surface area contributed by atoms with Crippen LogP contribution in [0, 0.1) is 3.01 Å². The third-order valence-electron chi connectivity index (χ3n) is 1.47. The van der Waals surface area contributed by atoms with Crippen molar-refractivity contribution in [2.75, 3.05) is 5.73 Å². The van der Waals surface area contributed by atoms with Crippen LogP contribution in [0.15, 0.2) is 18.3 Å². The molecule has 0 aliphatic rings. The third-order valence-corrected chi connectivity index (χ3v) is 3.09. The van der Waals surface area contributed by atoms with E-state index in [2.05, 4.69) is 37.8 Å². The quantitative estimate of drug-likeness (QED) is 0.816. The van der Waals surface area contributed by atoms with Gasteiger partial charge in [-0.1, -0.05) is 11.3 Å². The van der Waals surface area contributed by atoms with E-state index in [4.69, 9.17) is 5.73 Å². The molecule has 0 aromatic carbocycles. The fraction of sp³-hybridized carbons (Fsp3) is 0. The molecule has 0 saturated heterocycles. The maximum absolute atomic E-state index is 5.69. The summed E-state index contributed by atoms with van der Waals surface area (Å²) in [5.74, 6) is 0.495. The van der Waals surface area contributed by atoms with Crippen molar-refractivity contribution in [1.82, 2.24) is 15.2 Å². The van der Waals surface area contributed by atoms with Crippen LogP contribution in [0.5, 0.6) is 0 Å². The Labute approximate surface area is 92.4 Å². The van der Waals surface area contributed by atoms with E-state index < -0.39 is 0 Å². The van der Waals surface area contributed by atoms with Crippen molar-refractivity contribution in [2.24, 2.45) is 0 Å². The zero-order valence-corrected chi connectivity index (χ0v) is 9.41. The summed E-state index contributed by atoms with van der Waals surface area (Å²) in [5.41, 5.74) is 6.54. The average Bonchev–Trinajstić information content (AvgIpc) is 2.53. The van der Waals surface area contributed by atoms with Gasteiger partial charge in [0.1, 0.15) is 5.82 Å². The summed E-state index contributed by atoms with van der Waals surface area (Å²) in [5, 5.41) is 8.71. The predicted molar refractivity (Wildman–Crippen MR) is 60.3 cm³/mol. The molecular formula is C7H5IN4S. The first-order valence-corrected chi connectivity index (χ1v) is 5.37. The Hall–Kier alpha value is -0.760. The molecule has 2 heterocycles. The topological polar surface area (TPSA) is 64.7 Å². The van der Waals surface area contributed by atoms with Crippen molar-refractivity contribution >= 4 is 39.7 Å². The molecule has 0 fully saturated rings. The Bertz CT molecular complexity index is 428. The number of hydrogen-bond acceptors (Lipinski definition) is 5. The van der Waals surface area contributed by atoms with Crippen LogP contribution in [0.3, 0.4) is 0 Å². The average molecular weight is 304 g/mol. The van der Waals surface area contributed by atoms with Gasteiger partial charge in [-0.15, -0.1) is 10.2 Å². The van der Waals surface area contributed by atoms with Crippen molar-refractivity contribution in [1.29, 1.82) is 0 Å². The van der Waals surface area contributed by atoms with Crippen molar-refractivity contribution in [3.05, 3.63) is 21.3 Å². The van der Waals surface area contributed by atoms with Gasteiger partial charge in [0.25, 0.3) is 0 Å². The Morgan fingerprint density at radius 1 is 1.38 bits per heavy atom. The number of nitrogens with two attached hydrogens (primary N) is 1. The van der Waals surface area contributed by atoms with E-state index in [0.29, 0.717) is 5.82 Å². The van der Waals surface area contributed by atoms with Gasteiger partial charge in [0.05, 0.1) is 5.56 Å². The molecule has 2 N–H and O–H groups in total. The first kappa shape index (κ1) is 8.82. The smallest absolute Gasteiger partial charge is 0.178 e. The fourth-order valence-corrected chi connectivity index (χ4v) is 2.25. The summed E-state index contributed by atoms with van der Waals surface area (Å²) < 4.78 is 0.899. The maximum Gasteiger partial charge on any atom is 0.178 e. The summed E-state index contributed by atoms with van der Waals surface area (Å²) in [4.78, 5) is 3.98.